The fourth-order valence-corrected chi connectivity index (χ4v) is 3.90. The van der Waals surface area contributed by atoms with Crippen LogP contribution in [0.3, 0.4) is 0 Å². The molecule has 2 heterocycles. The number of aliphatic imine (C=N–C) groups is 1. The SMILES string of the molecule is CCNC(=NCCN(C(C)C)C(C)C)NCCC(=O)N1CCN(c2ccccn2)CC1. The maximum atomic E-state index is 12.6. The Hall–Kier alpha value is -2.35. The zero-order valence-electron chi connectivity index (χ0n) is 20.0. The molecule has 1 aromatic heterocycles. The number of piperazine rings is 1. The second kappa shape index (κ2) is 13.1. The number of amides is 1. The number of rotatable bonds is 10. The molecule has 1 aliphatic heterocycles. The number of carbonyl (C=O) groups excluding carboxylic acids is 1. The molecule has 2 N–H and O–H groups in total. The highest BCUT2D eigenvalue weighted by atomic mass is 16.2. The molecule has 0 spiro atoms. The molecule has 1 fully saturated rings. The summed E-state index contributed by atoms with van der Waals surface area (Å²) in [4.78, 5) is 28.3. The second-order valence-corrected chi connectivity index (χ2v) is 8.42. The number of carbonyl (C=O) groups is 1. The first kappa shape index (κ1) is 24.9. The van der Waals surface area contributed by atoms with Gasteiger partial charge in [-0.25, -0.2) is 4.98 Å². The van der Waals surface area contributed by atoms with Crippen molar-refractivity contribution in [3.63, 3.8) is 0 Å². The van der Waals surface area contributed by atoms with Crippen molar-refractivity contribution in [3.05, 3.63) is 24.4 Å². The van der Waals surface area contributed by atoms with Crippen molar-refractivity contribution in [2.24, 2.45) is 4.99 Å². The summed E-state index contributed by atoms with van der Waals surface area (Å²) in [7, 11) is 0. The van der Waals surface area contributed by atoms with Crippen LogP contribution >= 0.6 is 0 Å². The fourth-order valence-electron chi connectivity index (χ4n) is 3.90. The van der Waals surface area contributed by atoms with E-state index in [0.717, 1.165) is 57.6 Å². The van der Waals surface area contributed by atoms with E-state index in [1.165, 1.54) is 0 Å². The number of pyridine rings is 1. The van der Waals surface area contributed by atoms with Crippen LogP contribution in [0.1, 0.15) is 41.0 Å². The molecular formula is C23H41N7O. The van der Waals surface area contributed by atoms with Gasteiger partial charge in [-0.05, 0) is 46.8 Å². The van der Waals surface area contributed by atoms with Gasteiger partial charge >= 0.3 is 0 Å². The summed E-state index contributed by atoms with van der Waals surface area (Å²) >= 11 is 0. The van der Waals surface area contributed by atoms with Crippen LogP contribution in [0, 0.1) is 0 Å². The van der Waals surface area contributed by atoms with Crippen molar-refractivity contribution < 1.29 is 4.79 Å². The Labute approximate surface area is 188 Å². The Morgan fingerprint density at radius 2 is 1.84 bits per heavy atom. The van der Waals surface area contributed by atoms with Crippen molar-refractivity contribution in [2.75, 3.05) is 57.3 Å². The number of hydrogen-bond acceptors (Lipinski definition) is 5. The minimum Gasteiger partial charge on any atom is -0.357 e. The van der Waals surface area contributed by atoms with Gasteiger partial charge in [-0.15, -0.1) is 0 Å². The molecule has 0 bridgehead atoms. The Balaban J connectivity index is 1.73. The van der Waals surface area contributed by atoms with E-state index >= 15 is 0 Å². The summed E-state index contributed by atoms with van der Waals surface area (Å²) in [6.07, 6.45) is 2.28. The summed E-state index contributed by atoms with van der Waals surface area (Å²) in [6.45, 7) is 17.1. The lowest BCUT2D eigenvalue weighted by Crippen LogP contribution is -2.49. The van der Waals surface area contributed by atoms with Crippen LogP contribution in [0.4, 0.5) is 5.82 Å². The normalized spacial score (nSPS) is 15.2. The highest BCUT2D eigenvalue weighted by molar-refractivity contribution is 5.81. The van der Waals surface area contributed by atoms with Gasteiger partial charge in [0.25, 0.3) is 0 Å². The van der Waals surface area contributed by atoms with Crippen molar-refractivity contribution in [3.8, 4) is 0 Å². The van der Waals surface area contributed by atoms with Gasteiger partial charge in [-0.2, -0.15) is 0 Å². The first-order valence-electron chi connectivity index (χ1n) is 11.6. The molecule has 0 aliphatic carbocycles. The van der Waals surface area contributed by atoms with Crippen LogP contribution in [0.5, 0.6) is 0 Å². The maximum absolute atomic E-state index is 12.6. The molecule has 31 heavy (non-hydrogen) atoms. The van der Waals surface area contributed by atoms with E-state index in [-0.39, 0.29) is 5.91 Å². The zero-order valence-corrected chi connectivity index (χ0v) is 20.0. The van der Waals surface area contributed by atoms with Crippen molar-refractivity contribution in [1.29, 1.82) is 0 Å². The molecule has 8 nitrogen and oxygen atoms in total. The van der Waals surface area contributed by atoms with E-state index in [4.69, 9.17) is 0 Å². The van der Waals surface area contributed by atoms with E-state index in [1.807, 2.05) is 29.3 Å². The predicted octanol–water partition coefficient (Wildman–Crippen LogP) is 1.79. The van der Waals surface area contributed by atoms with Crippen LogP contribution in [0.15, 0.2) is 29.4 Å². The smallest absolute Gasteiger partial charge is 0.224 e. The van der Waals surface area contributed by atoms with Gasteiger partial charge < -0.3 is 20.4 Å². The molecule has 0 aromatic carbocycles. The largest absolute Gasteiger partial charge is 0.357 e. The third kappa shape index (κ3) is 8.36. The highest BCUT2D eigenvalue weighted by Gasteiger charge is 2.21. The Morgan fingerprint density at radius 1 is 1.13 bits per heavy atom. The van der Waals surface area contributed by atoms with Gasteiger partial charge in [0.1, 0.15) is 5.82 Å². The van der Waals surface area contributed by atoms with Gasteiger partial charge in [0.05, 0.1) is 6.54 Å². The Bertz CT molecular complexity index is 662. The standard InChI is InChI=1S/C23H41N7O/c1-6-24-23(27-13-14-30(19(2)3)20(4)5)26-12-10-22(31)29-17-15-28(16-18-29)21-9-7-8-11-25-21/h7-9,11,19-20H,6,10,12-18H2,1-5H3,(H2,24,26,27). The van der Waals surface area contributed by atoms with Crippen molar-refractivity contribution in [1.82, 2.24) is 25.4 Å². The minimum atomic E-state index is 0.190. The van der Waals surface area contributed by atoms with E-state index in [1.54, 1.807) is 0 Å². The minimum absolute atomic E-state index is 0.190. The number of anilines is 1. The molecule has 1 aliphatic rings. The maximum Gasteiger partial charge on any atom is 0.224 e. The van der Waals surface area contributed by atoms with Gasteiger partial charge in [0, 0.05) is 70.5 Å². The summed E-state index contributed by atoms with van der Waals surface area (Å²) in [6, 6.07) is 6.94. The third-order valence-electron chi connectivity index (χ3n) is 5.54. The summed E-state index contributed by atoms with van der Waals surface area (Å²) < 4.78 is 0. The molecule has 0 unspecified atom stereocenters. The van der Waals surface area contributed by atoms with Crippen LogP contribution in [0.25, 0.3) is 0 Å². The fraction of sp³-hybridized carbons (Fsp3) is 0.696. The van der Waals surface area contributed by atoms with Gasteiger partial charge in [0.15, 0.2) is 5.96 Å². The third-order valence-corrected chi connectivity index (χ3v) is 5.54. The molecule has 1 amide bonds. The van der Waals surface area contributed by atoms with Gasteiger partial charge in [0.2, 0.25) is 5.91 Å². The van der Waals surface area contributed by atoms with Crippen molar-refractivity contribution >= 4 is 17.7 Å². The number of aromatic nitrogens is 1. The van der Waals surface area contributed by atoms with E-state index in [0.29, 0.717) is 25.0 Å². The molecule has 0 atom stereocenters. The van der Waals surface area contributed by atoms with Crippen LogP contribution in [-0.4, -0.2) is 91.1 Å². The number of nitrogens with one attached hydrogen (secondary N) is 2. The summed E-state index contributed by atoms with van der Waals surface area (Å²) in [5.74, 6) is 1.95. The number of nitrogens with zero attached hydrogens (tertiary/aromatic N) is 5. The number of guanidine groups is 1. The van der Waals surface area contributed by atoms with E-state index in [9.17, 15) is 4.79 Å². The van der Waals surface area contributed by atoms with E-state index < -0.39 is 0 Å². The zero-order chi connectivity index (χ0) is 22.6. The molecule has 2 rings (SSSR count). The van der Waals surface area contributed by atoms with Gasteiger partial charge in [-0.3, -0.25) is 14.7 Å². The first-order valence-corrected chi connectivity index (χ1v) is 11.6. The summed E-state index contributed by atoms with van der Waals surface area (Å²) in [5, 5.41) is 6.58. The second-order valence-electron chi connectivity index (χ2n) is 8.42. The Morgan fingerprint density at radius 3 is 2.42 bits per heavy atom. The molecule has 1 saturated heterocycles. The molecule has 8 heteroatoms. The molecule has 0 saturated carbocycles. The highest BCUT2D eigenvalue weighted by Crippen LogP contribution is 2.12. The lowest BCUT2D eigenvalue weighted by molar-refractivity contribution is -0.131. The monoisotopic (exact) mass is 431 g/mol. The molecule has 174 valence electrons. The topological polar surface area (TPSA) is 76.1 Å². The molecule has 0 radical (unpaired) electrons. The predicted molar refractivity (Wildman–Crippen MR) is 129 cm³/mol. The van der Waals surface area contributed by atoms with Crippen LogP contribution in [-0.2, 0) is 4.79 Å². The Kier molecular flexibility index (Phi) is 10.6. The van der Waals surface area contributed by atoms with Crippen LogP contribution in [0.2, 0.25) is 0 Å². The van der Waals surface area contributed by atoms with Crippen LogP contribution < -0.4 is 15.5 Å². The van der Waals surface area contributed by atoms with Crippen molar-refractivity contribution in [2.45, 2.75) is 53.1 Å². The average molecular weight is 432 g/mol. The van der Waals surface area contributed by atoms with E-state index in [2.05, 4.69) is 65.0 Å². The number of hydrogen-bond donors (Lipinski definition) is 2. The average Bonchev–Trinajstić information content (AvgIpc) is 2.76. The van der Waals surface area contributed by atoms with Gasteiger partial charge in [-0.1, -0.05) is 6.07 Å². The summed E-state index contributed by atoms with van der Waals surface area (Å²) in [5.41, 5.74) is 0. The lowest BCUT2D eigenvalue weighted by atomic mass is 10.2. The quantitative estimate of drug-likeness (QED) is 0.435. The first-order chi connectivity index (χ1) is 14.9. The molecular weight excluding hydrogens is 390 g/mol. The lowest BCUT2D eigenvalue weighted by Gasteiger charge is -2.35. The molecule has 1 aromatic rings.